The van der Waals surface area contributed by atoms with Gasteiger partial charge in [-0.3, -0.25) is 4.79 Å². The molecule has 0 fully saturated rings. The van der Waals surface area contributed by atoms with Crippen LogP contribution in [0.3, 0.4) is 0 Å². The fourth-order valence-electron chi connectivity index (χ4n) is 1.77. The quantitative estimate of drug-likeness (QED) is 0.286. The van der Waals surface area contributed by atoms with E-state index in [1.54, 1.807) is 6.08 Å². The van der Waals surface area contributed by atoms with Gasteiger partial charge in [0, 0.05) is 6.42 Å². The van der Waals surface area contributed by atoms with Gasteiger partial charge in [0.2, 0.25) is 0 Å². The topological polar surface area (TPSA) is 57.5 Å². The highest BCUT2D eigenvalue weighted by molar-refractivity contribution is 5.66. The van der Waals surface area contributed by atoms with Crippen molar-refractivity contribution in [3.8, 4) is 0 Å². The minimum Gasteiger partial charge on any atom is -0.481 e. The van der Waals surface area contributed by atoms with Crippen molar-refractivity contribution in [2.75, 3.05) is 0 Å². The average Bonchev–Trinajstić information content (AvgIpc) is 2.52. The van der Waals surface area contributed by atoms with Crippen LogP contribution in [0.15, 0.2) is 60.8 Å². The Labute approximate surface area is 140 Å². The van der Waals surface area contributed by atoms with E-state index < -0.39 is 12.1 Å². The first-order valence-electron chi connectivity index (χ1n) is 8.35. The third-order valence-corrected chi connectivity index (χ3v) is 3.00. The number of rotatable bonds is 13. The molecule has 0 heterocycles. The van der Waals surface area contributed by atoms with Crippen LogP contribution in [0.1, 0.15) is 51.9 Å². The molecule has 0 radical (unpaired) electrons. The molecule has 2 N–H and O–H groups in total. The van der Waals surface area contributed by atoms with Crippen molar-refractivity contribution in [2.45, 2.75) is 58.0 Å². The predicted molar refractivity (Wildman–Crippen MR) is 97.3 cm³/mol. The van der Waals surface area contributed by atoms with Gasteiger partial charge in [-0.25, -0.2) is 0 Å². The molecule has 0 rings (SSSR count). The molecular formula is C20H30O3. The van der Waals surface area contributed by atoms with Gasteiger partial charge in [0.25, 0.3) is 0 Å². The molecule has 0 bridgehead atoms. The summed E-state index contributed by atoms with van der Waals surface area (Å²) in [6, 6.07) is 0. The number of carboxylic acids is 1. The van der Waals surface area contributed by atoms with E-state index in [4.69, 9.17) is 5.11 Å². The van der Waals surface area contributed by atoms with E-state index in [0.29, 0.717) is 12.8 Å². The molecule has 0 aliphatic heterocycles. The molecule has 23 heavy (non-hydrogen) atoms. The van der Waals surface area contributed by atoms with E-state index in [1.165, 1.54) is 0 Å². The van der Waals surface area contributed by atoms with Gasteiger partial charge in [-0.05, 0) is 38.5 Å². The van der Waals surface area contributed by atoms with Crippen LogP contribution < -0.4 is 0 Å². The molecule has 0 aromatic rings. The number of aliphatic hydroxyl groups excluding tert-OH is 1. The van der Waals surface area contributed by atoms with Crippen molar-refractivity contribution in [2.24, 2.45) is 0 Å². The Morgan fingerprint density at radius 1 is 0.957 bits per heavy atom. The normalized spacial score (nSPS) is 14.2. The largest absolute Gasteiger partial charge is 0.481 e. The van der Waals surface area contributed by atoms with Crippen LogP contribution in [-0.4, -0.2) is 22.3 Å². The van der Waals surface area contributed by atoms with Gasteiger partial charge >= 0.3 is 5.97 Å². The maximum atomic E-state index is 10.3. The van der Waals surface area contributed by atoms with Crippen LogP contribution in [0.2, 0.25) is 0 Å². The second-order valence-corrected chi connectivity index (χ2v) is 5.20. The fraction of sp³-hybridized carbons (Fsp3) is 0.450. The Hall–Kier alpha value is -1.87. The van der Waals surface area contributed by atoms with E-state index >= 15 is 0 Å². The molecule has 0 saturated carbocycles. The second kappa shape index (κ2) is 16.5. The Kier molecular flexibility index (Phi) is 15.2. The summed E-state index contributed by atoms with van der Waals surface area (Å²) in [5.41, 5.74) is 0. The zero-order chi connectivity index (χ0) is 17.2. The van der Waals surface area contributed by atoms with Gasteiger partial charge in [-0.2, -0.15) is 0 Å². The van der Waals surface area contributed by atoms with Gasteiger partial charge < -0.3 is 10.2 Å². The summed E-state index contributed by atoms with van der Waals surface area (Å²) < 4.78 is 0. The smallest absolute Gasteiger partial charge is 0.303 e. The minimum absolute atomic E-state index is 0.226. The molecule has 0 aliphatic carbocycles. The van der Waals surface area contributed by atoms with Crippen LogP contribution in [0.25, 0.3) is 0 Å². The summed E-state index contributed by atoms with van der Waals surface area (Å²) in [4.78, 5) is 10.3. The van der Waals surface area contributed by atoms with Gasteiger partial charge in [0.15, 0.2) is 0 Å². The van der Waals surface area contributed by atoms with Crippen molar-refractivity contribution in [1.82, 2.24) is 0 Å². The van der Waals surface area contributed by atoms with Crippen LogP contribution >= 0.6 is 0 Å². The number of hydrogen-bond donors (Lipinski definition) is 2. The molecule has 0 unspecified atom stereocenters. The number of carboxylic acid groups (broad SMARTS) is 1. The van der Waals surface area contributed by atoms with Crippen molar-refractivity contribution in [3.63, 3.8) is 0 Å². The standard InChI is InChI=1S/C20H30O3/c1-2-3-4-5-10-13-16-19(21)17-14-11-8-6-7-9-12-15-18-20(22)23/h3-4,7-11,13-14,17,19,21H,2,5-6,12,15-16,18H2,1H3,(H,22,23)/t19-/m0/s1. The maximum absolute atomic E-state index is 10.3. The van der Waals surface area contributed by atoms with E-state index in [0.717, 1.165) is 25.7 Å². The monoisotopic (exact) mass is 318 g/mol. The second-order valence-electron chi connectivity index (χ2n) is 5.20. The highest BCUT2D eigenvalue weighted by Gasteiger charge is 1.93. The summed E-state index contributed by atoms with van der Waals surface area (Å²) in [5, 5.41) is 18.2. The SMILES string of the molecule is CCC=CCC=CC[C@H](O)C=CC=CCC=CCCCC(=O)O. The van der Waals surface area contributed by atoms with Gasteiger partial charge in [-0.1, -0.05) is 67.7 Å². The molecule has 0 aromatic heterocycles. The van der Waals surface area contributed by atoms with E-state index in [1.807, 2.05) is 36.5 Å². The molecule has 0 aliphatic rings. The van der Waals surface area contributed by atoms with E-state index in [2.05, 4.69) is 25.2 Å². The maximum Gasteiger partial charge on any atom is 0.303 e. The fourth-order valence-corrected chi connectivity index (χ4v) is 1.77. The van der Waals surface area contributed by atoms with Crippen molar-refractivity contribution >= 4 is 5.97 Å². The van der Waals surface area contributed by atoms with E-state index in [9.17, 15) is 9.90 Å². The molecule has 0 saturated heterocycles. The number of carbonyl (C=O) groups is 1. The summed E-state index contributed by atoms with van der Waals surface area (Å²) in [5.74, 6) is -0.741. The zero-order valence-corrected chi connectivity index (χ0v) is 14.1. The lowest BCUT2D eigenvalue weighted by Crippen LogP contribution is -1.98. The molecule has 0 aromatic carbocycles. The van der Waals surface area contributed by atoms with E-state index in [-0.39, 0.29) is 6.42 Å². The van der Waals surface area contributed by atoms with Gasteiger partial charge in [-0.15, -0.1) is 0 Å². The predicted octanol–water partition coefficient (Wildman–Crippen LogP) is 4.96. The molecule has 0 amide bonds. The molecule has 3 nitrogen and oxygen atoms in total. The lowest BCUT2D eigenvalue weighted by atomic mass is 10.2. The minimum atomic E-state index is -0.741. The van der Waals surface area contributed by atoms with Crippen molar-refractivity contribution < 1.29 is 15.0 Å². The van der Waals surface area contributed by atoms with Crippen LogP contribution in [0, 0.1) is 0 Å². The Morgan fingerprint density at radius 2 is 1.65 bits per heavy atom. The summed E-state index contributed by atoms with van der Waals surface area (Å²) >= 11 is 0. The number of aliphatic hydroxyl groups is 1. The number of allylic oxidation sites excluding steroid dienone is 8. The van der Waals surface area contributed by atoms with Crippen LogP contribution in [0.4, 0.5) is 0 Å². The molecule has 3 heteroatoms. The van der Waals surface area contributed by atoms with Crippen molar-refractivity contribution in [1.29, 1.82) is 0 Å². The Balaban J connectivity index is 3.68. The number of aliphatic carboxylic acids is 1. The average molecular weight is 318 g/mol. The third kappa shape index (κ3) is 18.1. The first kappa shape index (κ1) is 21.1. The number of unbranched alkanes of at least 4 members (excludes halogenated alkanes) is 1. The first-order chi connectivity index (χ1) is 11.2. The zero-order valence-electron chi connectivity index (χ0n) is 14.1. The highest BCUT2D eigenvalue weighted by atomic mass is 16.4. The van der Waals surface area contributed by atoms with Crippen LogP contribution in [-0.2, 0) is 4.79 Å². The lowest BCUT2D eigenvalue weighted by molar-refractivity contribution is -0.137. The first-order valence-corrected chi connectivity index (χ1v) is 8.35. The Bertz CT molecular complexity index is 428. The summed E-state index contributed by atoms with van der Waals surface area (Å²) in [6.45, 7) is 2.11. The van der Waals surface area contributed by atoms with Crippen molar-refractivity contribution in [3.05, 3.63) is 60.8 Å². The molecule has 1 atom stereocenters. The highest BCUT2D eigenvalue weighted by Crippen LogP contribution is 2.00. The van der Waals surface area contributed by atoms with Crippen LogP contribution in [0.5, 0.6) is 0 Å². The lowest BCUT2D eigenvalue weighted by Gasteiger charge is -1.98. The van der Waals surface area contributed by atoms with Gasteiger partial charge in [0.05, 0.1) is 6.10 Å². The number of hydrogen-bond acceptors (Lipinski definition) is 2. The molecule has 0 spiro atoms. The third-order valence-electron chi connectivity index (χ3n) is 3.00. The molecular weight excluding hydrogens is 288 g/mol. The Morgan fingerprint density at radius 3 is 2.39 bits per heavy atom. The summed E-state index contributed by atoms with van der Waals surface area (Å²) in [6.07, 6.45) is 24.6. The summed E-state index contributed by atoms with van der Waals surface area (Å²) in [7, 11) is 0. The molecule has 128 valence electrons. The van der Waals surface area contributed by atoms with Gasteiger partial charge in [0.1, 0.15) is 0 Å².